The Morgan fingerprint density at radius 1 is 1.15 bits per heavy atom. The highest BCUT2D eigenvalue weighted by Gasteiger charge is 2.21. The third kappa shape index (κ3) is 3.24. The van der Waals surface area contributed by atoms with Gasteiger partial charge < -0.3 is 10.2 Å². The van der Waals surface area contributed by atoms with Crippen molar-refractivity contribution in [1.82, 2.24) is 10.2 Å². The first kappa shape index (κ1) is 14.1. The minimum Gasteiger partial charge on any atom is -0.310 e. The number of nitrogens with one attached hydrogen (secondary N) is 1. The van der Waals surface area contributed by atoms with E-state index in [1.54, 1.807) is 11.1 Å². The van der Waals surface area contributed by atoms with E-state index in [1.165, 1.54) is 51.5 Å². The Kier molecular flexibility index (Phi) is 4.74. The van der Waals surface area contributed by atoms with E-state index >= 15 is 0 Å². The summed E-state index contributed by atoms with van der Waals surface area (Å²) in [6.07, 6.45) is 9.39. The molecule has 20 heavy (non-hydrogen) atoms. The van der Waals surface area contributed by atoms with Crippen molar-refractivity contribution in [1.29, 1.82) is 0 Å². The number of fused-ring (bicyclic) bond motifs is 1. The molecule has 2 unspecified atom stereocenters. The van der Waals surface area contributed by atoms with Crippen molar-refractivity contribution < 1.29 is 0 Å². The van der Waals surface area contributed by atoms with E-state index in [4.69, 9.17) is 0 Å². The van der Waals surface area contributed by atoms with Crippen molar-refractivity contribution in [2.24, 2.45) is 0 Å². The Morgan fingerprint density at radius 3 is 2.95 bits per heavy atom. The number of likely N-dealkylation sites (tertiary alicyclic amines) is 1. The number of nitrogens with zero attached hydrogens (tertiary/aromatic N) is 1. The molecular weight excluding hydrogens is 244 g/mol. The van der Waals surface area contributed by atoms with Gasteiger partial charge in [-0.15, -0.1) is 0 Å². The molecule has 2 nitrogen and oxygen atoms in total. The molecule has 2 heteroatoms. The smallest absolute Gasteiger partial charge is 0.0323 e. The predicted molar refractivity (Wildman–Crippen MR) is 85.0 cm³/mol. The molecule has 1 aliphatic heterocycles. The van der Waals surface area contributed by atoms with E-state index in [9.17, 15) is 0 Å². The molecule has 0 bridgehead atoms. The summed E-state index contributed by atoms with van der Waals surface area (Å²) in [5, 5.41) is 3.82. The first-order chi connectivity index (χ1) is 9.84. The second-order valence-electron chi connectivity index (χ2n) is 6.52. The highest BCUT2D eigenvalue weighted by Crippen LogP contribution is 2.29. The summed E-state index contributed by atoms with van der Waals surface area (Å²) in [7, 11) is 2.29. The van der Waals surface area contributed by atoms with Gasteiger partial charge >= 0.3 is 0 Å². The molecule has 1 heterocycles. The average molecular weight is 272 g/mol. The molecule has 0 aromatic heterocycles. The molecule has 2 atom stereocenters. The molecular formula is C18H28N2. The molecule has 0 radical (unpaired) electrons. The SMILES string of the molecule is CN1CCCCC1CCNC1CCCc2ccccc21. The highest BCUT2D eigenvalue weighted by molar-refractivity contribution is 5.32. The quantitative estimate of drug-likeness (QED) is 0.902. The first-order valence-electron chi connectivity index (χ1n) is 8.36. The molecule has 0 amide bonds. The average Bonchev–Trinajstić information content (AvgIpc) is 2.49. The van der Waals surface area contributed by atoms with Crippen LogP contribution in [-0.2, 0) is 6.42 Å². The topological polar surface area (TPSA) is 15.3 Å². The molecule has 1 N–H and O–H groups in total. The van der Waals surface area contributed by atoms with Gasteiger partial charge in [-0.25, -0.2) is 0 Å². The molecule has 1 saturated heterocycles. The van der Waals surface area contributed by atoms with Crippen LogP contribution in [-0.4, -0.2) is 31.1 Å². The van der Waals surface area contributed by atoms with Crippen LogP contribution >= 0.6 is 0 Å². The van der Waals surface area contributed by atoms with Crippen molar-refractivity contribution in [3.63, 3.8) is 0 Å². The fourth-order valence-electron chi connectivity index (χ4n) is 3.90. The van der Waals surface area contributed by atoms with E-state index in [-0.39, 0.29) is 0 Å². The molecule has 0 spiro atoms. The zero-order chi connectivity index (χ0) is 13.8. The van der Waals surface area contributed by atoms with Crippen molar-refractivity contribution in [3.05, 3.63) is 35.4 Å². The van der Waals surface area contributed by atoms with Gasteiger partial charge in [0, 0.05) is 12.1 Å². The molecule has 1 aromatic carbocycles. The van der Waals surface area contributed by atoms with Crippen LogP contribution in [0.15, 0.2) is 24.3 Å². The minimum atomic E-state index is 0.592. The van der Waals surface area contributed by atoms with Gasteiger partial charge in [0.05, 0.1) is 0 Å². The summed E-state index contributed by atoms with van der Waals surface area (Å²) >= 11 is 0. The Bertz CT molecular complexity index is 429. The Balaban J connectivity index is 1.52. The zero-order valence-corrected chi connectivity index (χ0v) is 12.8. The lowest BCUT2D eigenvalue weighted by Gasteiger charge is -2.33. The summed E-state index contributed by atoms with van der Waals surface area (Å²) < 4.78 is 0. The van der Waals surface area contributed by atoms with E-state index in [2.05, 4.69) is 41.5 Å². The van der Waals surface area contributed by atoms with E-state index in [0.717, 1.165) is 12.6 Å². The highest BCUT2D eigenvalue weighted by atomic mass is 15.1. The Morgan fingerprint density at radius 2 is 2.05 bits per heavy atom. The summed E-state index contributed by atoms with van der Waals surface area (Å²) in [5.74, 6) is 0. The largest absolute Gasteiger partial charge is 0.310 e. The molecule has 2 aliphatic rings. The van der Waals surface area contributed by atoms with Crippen LogP contribution in [0.25, 0.3) is 0 Å². The van der Waals surface area contributed by atoms with Gasteiger partial charge in [0.25, 0.3) is 0 Å². The molecule has 0 saturated carbocycles. The number of piperidine rings is 1. The van der Waals surface area contributed by atoms with Gasteiger partial charge in [0.15, 0.2) is 0 Å². The standard InChI is InChI=1S/C18H28N2/c1-20-14-5-4-9-16(20)12-13-19-18-11-6-8-15-7-2-3-10-17(15)18/h2-3,7,10,16,18-19H,4-6,8-9,11-14H2,1H3. The maximum atomic E-state index is 3.82. The number of hydrogen-bond acceptors (Lipinski definition) is 2. The van der Waals surface area contributed by atoms with Crippen LogP contribution in [0, 0.1) is 0 Å². The van der Waals surface area contributed by atoms with Gasteiger partial charge in [-0.05, 0) is 69.8 Å². The lowest BCUT2D eigenvalue weighted by Crippen LogP contribution is -2.38. The second kappa shape index (κ2) is 6.73. The lowest BCUT2D eigenvalue weighted by atomic mass is 9.87. The fraction of sp³-hybridized carbons (Fsp3) is 0.667. The Hall–Kier alpha value is -0.860. The number of rotatable bonds is 4. The fourth-order valence-corrected chi connectivity index (χ4v) is 3.90. The van der Waals surface area contributed by atoms with Gasteiger partial charge in [0.1, 0.15) is 0 Å². The summed E-state index contributed by atoms with van der Waals surface area (Å²) in [6, 6.07) is 10.4. The van der Waals surface area contributed by atoms with Crippen molar-refractivity contribution in [3.8, 4) is 0 Å². The molecule has 1 aliphatic carbocycles. The van der Waals surface area contributed by atoms with Gasteiger partial charge in [-0.3, -0.25) is 0 Å². The van der Waals surface area contributed by atoms with Crippen molar-refractivity contribution in [2.75, 3.05) is 20.1 Å². The van der Waals surface area contributed by atoms with Gasteiger partial charge in [0.2, 0.25) is 0 Å². The van der Waals surface area contributed by atoms with Crippen LogP contribution < -0.4 is 5.32 Å². The Labute approximate surface area is 123 Å². The minimum absolute atomic E-state index is 0.592. The number of hydrogen-bond donors (Lipinski definition) is 1. The number of aryl methyl sites for hydroxylation is 1. The first-order valence-corrected chi connectivity index (χ1v) is 8.36. The normalized spacial score (nSPS) is 27.2. The third-order valence-electron chi connectivity index (χ3n) is 5.16. The lowest BCUT2D eigenvalue weighted by molar-refractivity contribution is 0.174. The molecule has 1 aromatic rings. The van der Waals surface area contributed by atoms with Crippen LogP contribution in [0.4, 0.5) is 0 Å². The van der Waals surface area contributed by atoms with E-state index < -0.39 is 0 Å². The monoisotopic (exact) mass is 272 g/mol. The van der Waals surface area contributed by atoms with Crippen LogP contribution in [0.1, 0.15) is 55.7 Å². The summed E-state index contributed by atoms with van der Waals surface area (Å²) in [6.45, 7) is 2.45. The zero-order valence-electron chi connectivity index (χ0n) is 12.8. The molecule has 1 fully saturated rings. The number of benzene rings is 1. The summed E-state index contributed by atoms with van der Waals surface area (Å²) in [4.78, 5) is 2.56. The predicted octanol–water partition coefficient (Wildman–Crippen LogP) is 3.53. The van der Waals surface area contributed by atoms with Crippen molar-refractivity contribution in [2.45, 2.75) is 57.0 Å². The molecule has 3 rings (SSSR count). The maximum absolute atomic E-state index is 3.82. The third-order valence-corrected chi connectivity index (χ3v) is 5.16. The van der Waals surface area contributed by atoms with Gasteiger partial charge in [-0.1, -0.05) is 30.7 Å². The van der Waals surface area contributed by atoms with Crippen LogP contribution in [0.3, 0.4) is 0 Å². The molecule has 110 valence electrons. The maximum Gasteiger partial charge on any atom is 0.0323 e. The van der Waals surface area contributed by atoms with E-state index in [0.29, 0.717) is 6.04 Å². The summed E-state index contributed by atoms with van der Waals surface area (Å²) in [5.41, 5.74) is 3.11. The van der Waals surface area contributed by atoms with Crippen molar-refractivity contribution >= 4 is 0 Å². The van der Waals surface area contributed by atoms with Gasteiger partial charge in [-0.2, -0.15) is 0 Å². The second-order valence-corrected chi connectivity index (χ2v) is 6.52. The van der Waals surface area contributed by atoms with E-state index in [1.807, 2.05) is 0 Å². The van der Waals surface area contributed by atoms with Crippen LogP contribution in [0.2, 0.25) is 0 Å². The van der Waals surface area contributed by atoms with Crippen LogP contribution in [0.5, 0.6) is 0 Å².